The van der Waals surface area contributed by atoms with Gasteiger partial charge in [-0.25, -0.2) is 0 Å². The van der Waals surface area contributed by atoms with Gasteiger partial charge in [-0.15, -0.1) is 0 Å². The van der Waals surface area contributed by atoms with Gasteiger partial charge < -0.3 is 9.80 Å². The fourth-order valence-corrected chi connectivity index (χ4v) is 3.35. The minimum atomic E-state index is 0.224. The van der Waals surface area contributed by atoms with Crippen LogP contribution in [0.1, 0.15) is 40.0 Å². The monoisotopic (exact) mass is 288 g/mol. The van der Waals surface area contributed by atoms with Crippen molar-refractivity contribution in [2.24, 2.45) is 5.92 Å². The van der Waals surface area contributed by atoms with Crippen LogP contribution >= 0.6 is 0 Å². The molecule has 116 valence electrons. The Bertz CT molecular complexity index is 446. The summed E-state index contributed by atoms with van der Waals surface area (Å²) in [6.07, 6.45) is 3.02. The molecule has 1 heterocycles. The molecule has 1 aliphatic rings. The number of piperidine rings is 1. The van der Waals surface area contributed by atoms with Crippen molar-refractivity contribution >= 4 is 11.6 Å². The Morgan fingerprint density at radius 2 is 2.05 bits per heavy atom. The van der Waals surface area contributed by atoms with Crippen molar-refractivity contribution < 1.29 is 4.79 Å². The first-order valence-electron chi connectivity index (χ1n) is 8.26. The first-order valence-corrected chi connectivity index (χ1v) is 8.26. The lowest BCUT2D eigenvalue weighted by Gasteiger charge is -2.40. The van der Waals surface area contributed by atoms with Gasteiger partial charge in [0.1, 0.15) is 0 Å². The molecule has 2 rings (SSSR count). The predicted molar refractivity (Wildman–Crippen MR) is 88.5 cm³/mol. The van der Waals surface area contributed by atoms with Crippen molar-refractivity contribution in [1.29, 1.82) is 0 Å². The molecule has 3 heteroatoms. The Morgan fingerprint density at radius 1 is 1.33 bits per heavy atom. The lowest BCUT2D eigenvalue weighted by Crippen LogP contribution is -2.48. The molecule has 0 spiro atoms. The zero-order valence-electron chi connectivity index (χ0n) is 13.6. The van der Waals surface area contributed by atoms with Crippen LogP contribution in [0, 0.1) is 5.92 Å². The molecule has 21 heavy (non-hydrogen) atoms. The summed E-state index contributed by atoms with van der Waals surface area (Å²) in [7, 11) is 0. The average Bonchev–Trinajstić information content (AvgIpc) is 2.55. The number of hydrogen-bond acceptors (Lipinski definition) is 2. The van der Waals surface area contributed by atoms with Gasteiger partial charge in [-0.3, -0.25) is 4.79 Å². The molecule has 1 saturated heterocycles. The lowest BCUT2D eigenvalue weighted by atomic mass is 9.90. The molecule has 2 unspecified atom stereocenters. The summed E-state index contributed by atoms with van der Waals surface area (Å²) in [5, 5.41) is 0. The van der Waals surface area contributed by atoms with Crippen molar-refractivity contribution in [3.63, 3.8) is 0 Å². The Hall–Kier alpha value is -1.35. The van der Waals surface area contributed by atoms with Crippen molar-refractivity contribution in [3.05, 3.63) is 30.3 Å². The standard InChI is InChI=1S/C18H28N2O/c1-4-18(21)20(17-11-7-6-8-12-17)15(3)16-10-9-13-19(5-2)14-16/h6-8,11-12,15-16H,4-5,9-10,13-14H2,1-3H3. The summed E-state index contributed by atoms with van der Waals surface area (Å²) in [5.74, 6) is 0.789. The molecule has 0 radical (unpaired) electrons. The van der Waals surface area contributed by atoms with Gasteiger partial charge in [-0.05, 0) is 50.9 Å². The molecule has 1 aromatic rings. The summed E-state index contributed by atoms with van der Waals surface area (Å²) in [6.45, 7) is 9.80. The van der Waals surface area contributed by atoms with E-state index in [9.17, 15) is 4.79 Å². The number of nitrogens with zero attached hydrogens (tertiary/aromatic N) is 2. The molecule has 1 aliphatic heterocycles. The van der Waals surface area contributed by atoms with E-state index < -0.39 is 0 Å². The van der Waals surface area contributed by atoms with Crippen LogP contribution in [0.25, 0.3) is 0 Å². The Balaban J connectivity index is 2.18. The molecule has 1 amide bonds. The smallest absolute Gasteiger partial charge is 0.226 e. The van der Waals surface area contributed by atoms with Gasteiger partial charge in [0.2, 0.25) is 5.91 Å². The summed E-state index contributed by atoms with van der Waals surface area (Å²) in [6, 6.07) is 10.4. The fraction of sp³-hybridized carbons (Fsp3) is 0.611. The number of rotatable bonds is 5. The highest BCUT2D eigenvalue weighted by Gasteiger charge is 2.30. The number of carbonyl (C=O) groups excluding carboxylic acids is 1. The van der Waals surface area contributed by atoms with E-state index in [-0.39, 0.29) is 11.9 Å². The average molecular weight is 288 g/mol. The first-order chi connectivity index (χ1) is 10.2. The van der Waals surface area contributed by atoms with E-state index in [2.05, 4.69) is 18.7 Å². The van der Waals surface area contributed by atoms with Crippen molar-refractivity contribution in [2.75, 3.05) is 24.5 Å². The Labute approximate surface area is 128 Å². The molecule has 0 aliphatic carbocycles. The van der Waals surface area contributed by atoms with Crippen LogP contribution in [0.4, 0.5) is 5.69 Å². The van der Waals surface area contributed by atoms with Gasteiger partial charge in [-0.1, -0.05) is 32.0 Å². The second-order valence-corrected chi connectivity index (χ2v) is 5.99. The number of hydrogen-bond donors (Lipinski definition) is 0. The van der Waals surface area contributed by atoms with Crippen LogP contribution < -0.4 is 4.90 Å². The predicted octanol–water partition coefficient (Wildman–Crippen LogP) is 3.55. The zero-order chi connectivity index (χ0) is 15.2. The van der Waals surface area contributed by atoms with Crippen LogP contribution in [0.2, 0.25) is 0 Å². The van der Waals surface area contributed by atoms with Crippen molar-refractivity contribution in [1.82, 2.24) is 4.90 Å². The molecule has 0 aromatic heterocycles. The molecule has 0 saturated carbocycles. The SMILES string of the molecule is CCC(=O)N(c1ccccc1)C(C)C1CCCN(CC)C1. The number of likely N-dealkylation sites (tertiary alicyclic amines) is 1. The second-order valence-electron chi connectivity index (χ2n) is 5.99. The normalized spacial score (nSPS) is 21.0. The summed E-state index contributed by atoms with van der Waals surface area (Å²) in [4.78, 5) is 17.0. The fourth-order valence-electron chi connectivity index (χ4n) is 3.35. The number of benzene rings is 1. The van der Waals surface area contributed by atoms with E-state index in [0.717, 1.165) is 18.8 Å². The maximum Gasteiger partial charge on any atom is 0.226 e. The van der Waals surface area contributed by atoms with Crippen molar-refractivity contribution in [3.8, 4) is 0 Å². The number of para-hydroxylation sites is 1. The highest BCUT2D eigenvalue weighted by molar-refractivity contribution is 5.93. The van der Waals surface area contributed by atoms with Crippen LogP contribution in [-0.2, 0) is 4.79 Å². The van der Waals surface area contributed by atoms with E-state index in [4.69, 9.17) is 0 Å². The maximum atomic E-state index is 12.5. The van der Waals surface area contributed by atoms with Crippen LogP contribution in [0.5, 0.6) is 0 Å². The molecule has 3 nitrogen and oxygen atoms in total. The number of anilines is 1. The topological polar surface area (TPSA) is 23.6 Å². The summed E-state index contributed by atoms with van der Waals surface area (Å²) in [5.41, 5.74) is 1.03. The third-order valence-electron chi connectivity index (χ3n) is 4.68. The Morgan fingerprint density at radius 3 is 2.67 bits per heavy atom. The van der Waals surface area contributed by atoms with Gasteiger partial charge in [0, 0.05) is 24.7 Å². The highest BCUT2D eigenvalue weighted by Crippen LogP contribution is 2.27. The van der Waals surface area contributed by atoms with E-state index in [0.29, 0.717) is 12.3 Å². The molecule has 0 N–H and O–H groups in total. The quantitative estimate of drug-likeness (QED) is 0.827. The van der Waals surface area contributed by atoms with E-state index in [1.807, 2.05) is 42.2 Å². The van der Waals surface area contributed by atoms with Gasteiger partial charge in [0.25, 0.3) is 0 Å². The molecule has 2 atom stereocenters. The summed E-state index contributed by atoms with van der Waals surface area (Å²) < 4.78 is 0. The van der Waals surface area contributed by atoms with E-state index in [1.54, 1.807) is 0 Å². The van der Waals surface area contributed by atoms with Gasteiger partial charge in [0.05, 0.1) is 0 Å². The summed E-state index contributed by atoms with van der Waals surface area (Å²) >= 11 is 0. The zero-order valence-corrected chi connectivity index (χ0v) is 13.6. The number of carbonyl (C=O) groups is 1. The minimum absolute atomic E-state index is 0.224. The van der Waals surface area contributed by atoms with Crippen LogP contribution in [0.15, 0.2) is 30.3 Å². The highest BCUT2D eigenvalue weighted by atomic mass is 16.2. The lowest BCUT2D eigenvalue weighted by molar-refractivity contribution is -0.119. The second kappa shape index (κ2) is 7.60. The Kier molecular flexibility index (Phi) is 5.80. The maximum absolute atomic E-state index is 12.5. The van der Waals surface area contributed by atoms with Crippen LogP contribution in [0.3, 0.4) is 0 Å². The van der Waals surface area contributed by atoms with Crippen LogP contribution in [-0.4, -0.2) is 36.5 Å². The van der Waals surface area contributed by atoms with Gasteiger partial charge >= 0.3 is 0 Å². The van der Waals surface area contributed by atoms with E-state index >= 15 is 0 Å². The third-order valence-corrected chi connectivity index (χ3v) is 4.68. The molecular weight excluding hydrogens is 260 g/mol. The largest absolute Gasteiger partial charge is 0.309 e. The first kappa shape index (κ1) is 16.0. The molecule has 0 bridgehead atoms. The third kappa shape index (κ3) is 3.85. The van der Waals surface area contributed by atoms with Gasteiger partial charge in [-0.2, -0.15) is 0 Å². The molecule has 1 aromatic carbocycles. The number of amides is 1. The van der Waals surface area contributed by atoms with E-state index in [1.165, 1.54) is 19.4 Å². The minimum Gasteiger partial charge on any atom is -0.309 e. The van der Waals surface area contributed by atoms with Crippen molar-refractivity contribution in [2.45, 2.75) is 46.1 Å². The molecular formula is C18H28N2O. The molecule has 1 fully saturated rings. The van der Waals surface area contributed by atoms with Gasteiger partial charge in [0.15, 0.2) is 0 Å².